The lowest BCUT2D eigenvalue weighted by molar-refractivity contribution is 0.566. The third kappa shape index (κ3) is 1.57. The summed E-state index contributed by atoms with van der Waals surface area (Å²) in [7, 11) is 0. The van der Waals surface area contributed by atoms with Gasteiger partial charge in [0.05, 0.1) is 11.4 Å². The molecule has 1 heterocycles. The van der Waals surface area contributed by atoms with E-state index in [-0.39, 0.29) is 0 Å². The molecule has 1 rings (SSSR count). The van der Waals surface area contributed by atoms with Gasteiger partial charge in [0, 0.05) is 13.1 Å². The SMILES string of the molecule is CCCn1nnc(CN)c1C. The maximum absolute atomic E-state index is 5.44. The van der Waals surface area contributed by atoms with E-state index in [1.807, 2.05) is 11.6 Å². The fourth-order valence-corrected chi connectivity index (χ4v) is 1.01. The van der Waals surface area contributed by atoms with Crippen molar-refractivity contribution < 1.29 is 0 Å². The molecule has 0 aliphatic heterocycles. The van der Waals surface area contributed by atoms with Crippen LogP contribution in [-0.4, -0.2) is 15.0 Å². The van der Waals surface area contributed by atoms with Gasteiger partial charge in [0.1, 0.15) is 0 Å². The fourth-order valence-electron chi connectivity index (χ4n) is 1.01. The van der Waals surface area contributed by atoms with E-state index in [1.165, 1.54) is 0 Å². The van der Waals surface area contributed by atoms with Crippen molar-refractivity contribution in [1.29, 1.82) is 0 Å². The summed E-state index contributed by atoms with van der Waals surface area (Å²) in [5.74, 6) is 0. The van der Waals surface area contributed by atoms with Crippen molar-refractivity contribution in [2.75, 3.05) is 0 Å². The quantitative estimate of drug-likeness (QED) is 0.688. The van der Waals surface area contributed by atoms with Crippen LogP contribution in [0.4, 0.5) is 0 Å². The van der Waals surface area contributed by atoms with Gasteiger partial charge < -0.3 is 5.73 Å². The summed E-state index contributed by atoms with van der Waals surface area (Å²) in [6.45, 7) is 5.52. The third-order valence-corrected chi connectivity index (χ3v) is 1.71. The van der Waals surface area contributed by atoms with E-state index in [0.29, 0.717) is 6.54 Å². The van der Waals surface area contributed by atoms with Crippen molar-refractivity contribution in [3.63, 3.8) is 0 Å². The second-order valence-corrected chi connectivity index (χ2v) is 2.55. The molecule has 0 amide bonds. The number of aryl methyl sites for hydroxylation is 1. The van der Waals surface area contributed by atoms with Crippen molar-refractivity contribution >= 4 is 0 Å². The summed E-state index contributed by atoms with van der Waals surface area (Å²) in [5, 5.41) is 7.90. The Kier molecular flexibility index (Phi) is 2.59. The van der Waals surface area contributed by atoms with Crippen LogP contribution < -0.4 is 5.73 Å². The molecule has 0 spiro atoms. The molecular formula is C7H14N4. The molecule has 0 saturated heterocycles. The minimum absolute atomic E-state index is 0.482. The second-order valence-electron chi connectivity index (χ2n) is 2.55. The lowest BCUT2D eigenvalue weighted by Gasteiger charge is -1.98. The first-order valence-electron chi connectivity index (χ1n) is 3.88. The summed E-state index contributed by atoms with van der Waals surface area (Å²) in [4.78, 5) is 0. The molecule has 1 aromatic heterocycles. The molecule has 0 atom stereocenters. The van der Waals surface area contributed by atoms with Crippen molar-refractivity contribution in [2.45, 2.75) is 33.4 Å². The Morgan fingerprint density at radius 3 is 2.73 bits per heavy atom. The Labute approximate surface area is 66.4 Å². The van der Waals surface area contributed by atoms with Crippen LogP contribution in [0.1, 0.15) is 24.7 Å². The first-order valence-corrected chi connectivity index (χ1v) is 3.88. The predicted molar refractivity (Wildman–Crippen MR) is 42.9 cm³/mol. The van der Waals surface area contributed by atoms with E-state index in [4.69, 9.17) is 5.73 Å². The molecule has 1 aromatic rings. The van der Waals surface area contributed by atoms with E-state index in [9.17, 15) is 0 Å². The Hall–Kier alpha value is -0.900. The van der Waals surface area contributed by atoms with Crippen molar-refractivity contribution in [3.05, 3.63) is 11.4 Å². The maximum Gasteiger partial charge on any atom is 0.0991 e. The van der Waals surface area contributed by atoms with Gasteiger partial charge in [-0.05, 0) is 13.3 Å². The zero-order valence-corrected chi connectivity index (χ0v) is 7.04. The number of hydrogen-bond acceptors (Lipinski definition) is 3. The number of nitrogens with two attached hydrogens (primary N) is 1. The predicted octanol–water partition coefficient (Wildman–Crippen LogP) is 0.455. The summed E-state index contributed by atoms with van der Waals surface area (Å²) in [5.41, 5.74) is 7.44. The van der Waals surface area contributed by atoms with Crippen LogP contribution in [0.3, 0.4) is 0 Å². The van der Waals surface area contributed by atoms with E-state index < -0.39 is 0 Å². The molecule has 2 N–H and O–H groups in total. The van der Waals surface area contributed by atoms with Gasteiger partial charge in [-0.15, -0.1) is 5.10 Å². The van der Waals surface area contributed by atoms with Crippen LogP contribution >= 0.6 is 0 Å². The van der Waals surface area contributed by atoms with Crippen molar-refractivity contribution in [1.82, 2.24) is 15.0 Å². The third-order valence-electron chi connectivity index (χ3n) is 1.71. The first kappa shape index (κ1) is 8.20. The van der Waals surface area contributed by atoms with Crippen LogP contribution in [0, 0.1) is 6.92 Å². The Bertz CT molecular complexity index is 228. The molecule has 0 aromatic carbocycles. The van der Waals surface area contributed by atoms with Gasteiger partial charge in [-0.2, -0.15) is 0 Å². The summed E-state index contributed by atoms with van der Waals surface area (Å²) in [6.07, 6.45) is 1.08. The van der Waals surface area contributed by atoms with Gasteiger partial charge in [-0.1, -0.05) is 12.1 Å². The molecule has 4 nitrogen and oxygen atoms in total. The molecule has 0 unspecified atom stereocenters. The highest BCUT2D eigenvalue weighted by Crippen LogP contribution is 2.02. The second kappa shape index (κ2) is 3.48. The minimum Gasteiger partial charge on any atom is -0.325 e. The highest BCUT2D eigenvalue weighted by atomic mass is 15.4. The summed E-state index contributed by atoms with van der Waals surface area (Å²) in [6, 6.07) is 0. The highest BCUT2D eigenvalue weighted by molar-refractivity contribution is 5.06. The number of aromatic nitrogens is 3. The van der Waals surface area contributed by atoms with Crippen LogP contribution in [0.2, 0.25) is 0 Å². The van der Waals surface area contributed by atoms with E-state index >= 15 is 0 Å². The van der Waals surface area contributed by atoms with Gasteiger partial charge in [0.15, 0.2) is 0 Å². The van der Waals surface area contributed by atoms with E-state index in [0.717, 1.165) is 24.4 Å². The molecule has 0 fully saturated rings. The fraction of sp³-hybridized carbons (Fsp3) is 0.714. The van der Waals surface area contributed by atoms with Crippen LogP contribution in [-0.2, 0) is 13.1 Å². The molecule has 62 valence electrons. The van der Waals surface area contributed by atoms with Crippen LogP contribution in [0.5, 0.6) is 0 Å². The molecule has 0 radical (unpaired) electrons. The van der Waals surface area contributed by atoms with E-state index in [2.05, 4.69) is 17.2 Å². The van der Waals surface area contributed by atoms with E-state index in [1.54, 1.807) is 0 Å². The smallest absolute Gasteiger partial charge is 0.0991 e. The summed E-state index contributed by atoms with van der Waals surface area (Å²) < 4.78 is 1.89. The molecule has 0 saturated carbocycles. The van der Waals surface area contributed by atoms with Gasteiger partial charge in [-0.3, -0.25) is 0 Å². The lowest BCUT2D eigenvalue weighted by Crippen LogP contribution is -2.03. The normalized spacial score (nSPS) is 10.5. The van der Waals surface area contributed by atoms with Gasteiger partial charge in [0.2, 0.25) is 0 Å². The number of rotatable bonds is 3. The zero-order chi connectivity index (χ0) is 8.27. The minimum atomic E-state index is 0.482. The maximum atomic E-state index is 5.44. The first-order chi connectivity index (χ1) is 5.29. The monoisotopic (exact) mass is 154 g/mol. The molecule has 0 aliphatic carbocycles. The Balaban J connectivity index is 2.82. The number of hydrogen-bond donors (Lipinski definition) is 1. The van der Waals surface area contributed by atoms with Gasteiger partial charge in [-0.25, -0.2) is 4.68 Å². The largest absolute Gasteiger partial charge is 0.325 e. The Morgan fingerprint density at radius 2 is 2.27 bits per heavy atom. The number of nitrogens with zero attached hydrogens (tertiary/aromatic N) is 3. The average molecular weight is 154 g/mol. The standard InChI is InChI=1S/C7H14N4/c1-3-4-11-6(2)7(5-8)9-10-11/h3-5,8H2,1-2H3. The topological polar surface area (TPSA) is 56.7 Å². The van der Waals surface area contributed by atoms with Crippen LogP contribution in [0.25, 0.3) is 0 Å². The van der Waals surface area contributed by atoms with Crippen molar-refractivity contribution in [3.8, 4) is 0 Å². The zero-order valence-electron chi connectivity index (χ0n) is 7.04. The van der Waals surface area contributed by atoms with Gasteiger partial charge in [0.25, 0.3) is 0 Å². The van der Waals surface area contributed by atoms with Crippen LogP contribution in [0.15, 0.2) is 0 Å². The molecule has 0 bridgehead atoms. The highest BCUT2D eigenvalue weighted by Gasteiger charge is 2.04. The molecule has 11 heavy (non-hydrogen) atoms. The Morgan fingerprint density at radius 1 is 1.55 bits per heavy atom. The van der Waals surface area contributed by atoms with Crippen molar-refractivity contribution in [2.24, 2.45) is 5.73 Å². The van der Waals surface area contributed by atoms with Gasteiger partial charge >= 0.3 is 0 Å². The molecular weight excluding hydrogens is 140 g/mol. The lowest BCUT2D eigenvalue weighted by atomic mass is 10.3. The average Bonchev–Trinajstić information content (AvgIpc) is 2.34. The molecule has 4 heteroatoms. The molecule has 0 aliphatic rings. The summed E-state index contributed by atoms with van der Waals surface area (Å²) >= 11 is 0.